The third-order valence-electron chi connectivity index (χ3n) is 11.4. The molecular weight excluding hydrogens is 713 g/mol. The summed E-state index contributed by atoms with van der Waals surface area (Å²) in [6, 6.07) is 12.7. The van der Waals surface area contributed by atoms with Crippen molar-refractivity contribution in [3.63, 3.8) is 0 Å². The number of ketones is 2. The van der Waals surface area contributed by atoms with Crippen molar-refractivity contribution in [3.8, 4) is 17.6 Å². The maximum absolute atomic E-state index is 13.5. The van der Waals surface area contributed by atoms with Gasteiger partial charge in [-0.1, -0.05) is 39.0 Å². The Hall–Kier alpha value is -5.64. The van der Waals surface area contributed by atoms with Crippen LogP contribution in [0.2, 0.25) is 0 Å². The Morgan fingerprint density at radius 1 is 0.804 bits per heavy atom. The quantitative estimate of drug-likeness (QED) is 0.0645. The number of nitriles is 1. The Labute approximate surface area is 326 Å². The number of amides is 3. The van der Waals surface area contributed by atoms with Crippen molar-refractivity contribution in [1.29, 1.82) is 5.26 Å². The van der Waals surface area contributed by atoms with E-state index >= 15 is 0 Å². The van der Waals surface area contributed by atoms with Gasteiger partial charge in [0.2, 0.25) is 5.91 Å². The molecule has 13 nitrogen and oxygen atoms in total. The van der Waals surface area contributed by atoms with Gasteiger partial charge < -0.3 is 35.0 Å². The van der Waals surface area contributed by atoms with Crippen LogP contribution < -0.4 is 15.2 Å². The molecule has 3 atom stereocenters. The predicted octanol–water partition coefficient (Wildman–Crippen LogP) is 6.18. The SMILES string of the molecule is COc1ccc2c(C(=O)C(=O)N(CC(N)=O)CC3CCCC(C[C@H](C)COc4ccc5c(C(=O)C(=O)N(CC#N)CC6CCCCC6)c[nH]c5c4)C3)c[nH]c2c1. The molecule has 0 bridgehead atoms. The molecule has 2 aromatic carbocycles. The summed E-state index contributed by atoms with van der Waals surface area (Å²) in [5.41, 5.74) is 7.40. The van der Waals surface area contributed by atoms with Crippen LogP contribution in [0, 0.1) is 35.0 Å². The highest BCUT2D eigenvalue weighted by Crippen LogP contribution is 2.35. The first-order valence-electron chi connectivity index (χ1n) is 19.8. The molecule has 4 N–H and O–H groups in total. The number of nitrogens with one attached hydrogen (secondary N) is 2. The lowest BCUT2D eigenvalue weighted by Gasteiger charge is -2.33. The number of aromatic nitrogens is 2. The zero-order valence-electron chi connectivity index (χ0n) is 32.3. The predicted molar refractivity (Wildman–Crippen MR) is 211 cm³/mol. The Bertz CT molecular complexity index is 2110. The number of carbonyl (C=O) groups excluding carboxylic acids is 5. The molecule has 2 unspecified atom stereocenters. The number of fused-ring (bicyclic) bond motifs is 2. The fourth-order valence-electron chi connectivity index (χ4n) is 8.68. The number of benzene rings is 2. The van der Waals surface area contributed by atoms with Gasteiger partial charge >= 0.3 is 0 Å². The molecule has 13 heteroatoms. The third kappa shape index (κ3) is 9.59. The van der Waals surface area contributed by atoms with E-state index < -0.39 is 29.3 Å². The number of aromatic amines is 2. The molecule has 2 fully saturated rings. The molecule has 0 aliphatic heterocycles. The number of Topliss-reactive ketones (excluding diaryl/α,β-unsaturated/α-hetero) is 2. The molecule has 2 aliphatic carbocycles. The summed E-state index contributed by atoms with van der Waals surface area (Å²) in [7, 11) is 1.55. The average molecular weight is 765 g/mol. The summed E-state index contributed by atoms with van der Waals surface area (Å²) >= 11 is 0. The Morgan fingerprint density at radius 3 is 2.00 bits per heavy atom. The number of carbonyl (C=O) groups is 5. The van der Waals surface area contributed by atoms with Crippen molar-refractivity contribution in [2.24, 2.45) is 29.4 Å². The summed E-state index contributed by atoms with van der Waals surface area (Å²) in [6.07, 6.45) is 13.1. The second-order valence-corrected chi connectivity index (χ2v) is 15.7. The van der Waals surface area contributed by atoms with Gasteiger partial charge in [0.1, 0.15) is 18.0 Å². The lowest BCUT2D eigenvalue weighted by atomic mass is 9.77. The van der Waals surface area contributed by atoms with Gasteiger partial charge in [-0.25, -0.2) is 0 Å². The van der Waals surface area contributed by atoms with Crippen LogP contribution in [-0.4, -0.2) is 89.0 Å². The van der Waals surface area contributed by atoms with Crippen LogP contribution in [0.15, 0.2) is 48.8 Å². The molecule has 2 saturated carbocycles. The molecule has 2 aromatic heterocycles. The number of nitrogens with two attached hydrogens (primary N) is 1. The number of hydrogen-bond donors (Lipinski definition) is 3. The number of hydrogen-bond acceptors (Lipinski definition) is 8. The number of ether oxygens (including phenoxy) is 2. The molecule has 3 amide bonds. The number of H-pyrrole nitrogens is 2. The first kappa shape index (κ1) is 40.0. The van der Waals surface area contributed by atoms with E-state index in [-0.39, 0.29) is 42.6 Å². The van der Waals surface area contributed by atoms with Gasteiger partial charge in [0.15, 0.2) is 0 Å². The van der Waals surface area contributed by atoms with E-state index in [9.17, 15) is 29.2 Å². The van der Waals surface area contributed by atoms with E-state index in [4.69, 9.17) is 15.2 Å². The van der Waals surface area contributed by atoms with E-state index in [1.807, 2.05) is 6.07 Å². The van der Waals surface area contributed by atoms with E-state index in [2.05, 4.69) is 23.0 Å². The lowest BCUT2D eigenvalue weighted by molar-refractivity contribution is -0.132. The van der Waals surface area contributed by atoms with Crippen molar-refractivity contribution in [2.75, 3.05) is 39.9 Å². The molecule has 0 radical (unpaired) electrons. The minimum atomic E-state index is -0.748. The molecule has 296 valence electrons. The normalized spacial score (nSPS) is 17.9. The van der Waals surface area contributed by atoms with Crippen LogP contribution in [-0.2, 0) is 14.4 Å². The standard InChI is InChI=1S/C43H52N6O7/c1-27(26-56-32-12-14-34-35(21-47-38(34)20-32)40(51)42(53)48(16-15-44)23-28-7-4-3-5-8-28)17-29-9-6-10-30(18-29)24-49(25-39(45)50)43(54)41(52)36-22-46-37-19-31(55-2)11-13-33(36)37/h11-14,19-22,27-30,46-47H,3-10,16-18,23-26H2,1-2H3,(H2,45,50)/t27-,29?,30?/m0/s1. The summed E-state index contributed by atoms with van der Waals surface area (Å²) in [4.78, 5) is 74.4. The maximum atomic E-state index is 13.5. The second kappa shape index (κ2) is 18.3. The maximum Gasteiger partial charge on any atom is 0.295 e. The van der Waals surface area contributed by atoms with Gasteiger partial charge in [0, 0.05) is 59.4 Å². The average Bonchev–Trinajstić information content (AvgIpc) is 3.83. The van der Waals surface area contributed by atoms with E-state index in [0.717, 1.165) is 57.8 Å². The summed E-state index contributed by atoms with van der Waals surface area (Å²) in [6.45, 7) is 2.86. The molecule has 0 spiro atoms. The van der Waals surface area contributed by atoms with Gasteiger partial charge in [0.25, 0.3) is 23.4 Å². The van der Waals surface area contributed by atoms with Gasteiger partial charge in [-0.2, -0.15) is 5.26 Å². The Morgan fingerprint density at radius 2 is 1.38 bits per heavy atom. The van der Waals surface area contributed by atoms with E-state index in [1.165, 1.54) is 22.4 Å². The van der Waals surface area contributed by atoms with Crippen molar-refractivity contribution in [2.45, 2.75) is 71.1 Å². The highest BCUT2D eigenvalue weighted by atomic mass is 16.5. The van der Waals surface area contributed by atoms with Crippen molar-refractivity contribution in [1.82, 2.24) is 19.8 Å². The molecule has 6 rings (SSSR count). The van der Waals surface area contributed by atoms with Crippen LogP contribution in [0.1, 0.15) is 91.8 Å². The molecule has 0 saturated heterocycles. The largest absolute Gasteiger partial charge is 0.497 e. The smallest absolute Gasteiger partial charge is 0.295 e. The van der Waals surface area contributed by atoms with E-state index in [1.54, 1.807) is 43.6 Å². The second-order valence-electron chi connectivity index (χ2n) is 15.7. The third-order valence-corrected chi connectivity index (χ3v) is 11.4. The fourth-order valence-corrected chi connectivity index (χ4v) is 8.68. The number of nitrogens with zero attached hydrogens (tertiary/aromatic N) is 3. The topological polar surface area (TPSA) is 192 Å². The van der Waals surface area contributed by atoms with Crippen LogP contribution in [0.5, 0.6) is 11.5 Å². The van der Waals surface area contributed by atoms with Crippen LogP contribution in [0.25, 0.3) is 21.8 Å². The van der Waals surface area contributed by atoms with Gasteiger partial charge in [-0.05, 0) is 80.0 Å². The first-order chi connectivity index (χ1) is 27.0. The summed E-state index contributed by atoms with van der Waals surface area (Å²) in [5.74, 6) is -1.10. The monoisotopic (exact) mass is 764 g/mol. The zero-order chi connectivity index (χ0) is 39.8. The summed E-state index contributed by atoms with van der Waals surface area (Å²) in [5, 5.41) is 10.6. The van der Waals surface area contributed by atoms with Gasteiger partial charge in [0.05, 0.1) is 37.5 Å². The molecular formula is C43H52N6O7. The highest BCUT2D eigenvalue weighted by Gasteiger charge is 2.32. The lowest BCUT2D eigenvalue weighted by Crippen LogP contribution is -2.45. The fraction of sp³-hybridized carbons (Fsp3) is 0.488. The summed E-state index contributed by atoms with van der Waals surface area (Å²) < 4.78 is 11.5. The van der Waals surface area contributed by atoms with Crippen LogP contribution in [0.4, 0.5) is 0 Å². The van der Waals surface area contributed by atoms with Crippen LogP contribution in [0.3, 0.4) is 0 Å². The number of rotatable bonds is 17. The van der Waals surface area contributed by atoms with Gasteiger partial charge in [-0.3, -0.25) is 24.0 Å². The Kier molecular flexibility index (Phi) is 13.1. The molecule has 56 heavy (non-hydrogen) atoms. The minimum Gasteiger partial charge on any atom is -0.497 e. The van der Waals surface area contributed by atoms with Crippen LogP contribution >= 0.6 is 0 Å². The minimum absolute atomic E-state index is 0.112. The van der Waals surface area contributed by atoms with Crippen molar-refractivity contribution >= 4 is 51.1 Å². The van der Waals surface area contributed by atoms with E-state index in [0.29, 0.717) is 58.3 Å². The highest BCUT2D eigenvalue weighted by molar-refractivity contribution is 6.45. The molecule has 2 aliphatic rings. The molecule has 2 heterocycles. The van der Waals surface area contributed by atoms with Crippen molar-refractivity contribution < 1.29 is 33.4 Å². The molecule has 4 aromatic rings. The Balaban J connectivity index is 1.02. The zero-order valence-corrected chi connectivity index (χ0v) is 32.3. The number of methoxy groups -OCH3 is 1. The van der Waals surface area contributed by atoms with Crippen molar-refractivity contribution in [3.05, 3.63) is 59.9 Å². The number of primary amides is 1. The first-order valence-corrected chi connectivity index (χ1v) is 19.8. The van der Waals surface area contributed by atoms with Gasteiger partial charge in [-0.15, -0.1) is 0 Å².